The fourth-order valence-electron chi connectivity index (χ4n) is 3.52. The lowest BCUT2D eigenvalue weighted by Gasteiger charge is -2.29. The molecule has 0 radical (unpaired) electrons. The Kier molecular flexibility index (Phi) is 3.83. The lowest BCUT2D eigenvalue weighted by molar-refractivity contribution is 0.0899. The lowest BCUT2D eigenvalue weighted by atomic mass is 9.94. The van der Waals surface area contributed by atoms with Crippen LogP contribution in [-0.4, -0.2) is 28.1 Å². The number of pyridine rings is 1. The quantitative estimate of drug-likeness (QED) is 0.841. The van der Waals surface area contributed by atoms with Crippen molar-refractivity contribution in [3.8, 4) is 0 Å². The molecule has 1 unspecified atom stereocenters. The Labute approximate surface area is 147 Å². The van der Waals surface area contributed by atoms with Gasteiger partial charge < -0.3 is 15.6 Å². The fraction of sp³-hybridized carbons (Fsp3) is 0.632. The fourth-order valence-corrected chi connectivity index (χ4v) is 3.52. The number of fused-ring (bicyclic) bond motifs is 1. The molecule has 2 saturated carbocycles. The number of hydrogen-bond donors (Lipinski definition) is 2. The topological polar surface area (TPSA) is 94.0 Å². The Balaban J connectivity index is 1.78. The molecule has 25 heavy (non-hydrogen) atoms. The van der Waals surface area contributed by atoms with Gasteiger partial charge in [-0.3, -0.25) is 4.79 Å². The van der Waals surface area contributed by atoms with Crippen molar-refractivity contribution in [2.75, 3.05) is 6.54 Å². The van der Waals surface area contributed by atoms with E-state index < -0.39 is 0 Å². The minimum absolute atomic E-state index is 0.0979. The van der Waals surface area contributed by atoms with E-state index in [4.69, 9.17) is 10.3 Å². The molecule has 4 rings (SSSR count). The highest BCUT2D eigenvalue weighted by atomic mass is 16.5. The SMILES string of the molecule is CC(C)c1noc2nc(C3CC3)cc(C(=O)NC(C)(CN)C3CC3)c12. The number of nitrogens with one attached hydrogen (secondary N) is 1. The maximum absolute atomic E-state index is 13.2. The van der Waals surface area contributed by atoms with E-state index >= 15 is 0 Å². The van der Waals surface area contributed by atoms with Gasteiger partial charge in [-0.15, -0.1) is 0 Å². The molecular weight excluding hydrogens is 316 g/mol. The van der Waals surface area contributed by atoms with Crippen LogP contribution in [0.25, 0.3) is 11.1 Å². The third-order valence-corrected chi connectivity index (χ3v) is 5.58. The summed E-state index contributed by atoms with van der Waals surface area (Å²) in [6.07, 6.45) is 4.48. The summed E-state index contributed by atoms with van der Waals surface area (Å²) in [6.45, 7) is 6.57. The van der Waals surface area contributed by atoms with Crippen molar-refractivity contribution in [1.82, 2.24) is 15.5 Å². The predicted octanol–water partition coefficient (Wildman–Crippen LogP) is 3.08. The van der Waals surface area contributed by atoms with Crippen molar-refractivity contribution in [2.24, 2.45) is 11.7 Å². The van der Waals surface area contributed by atoms with Gasteiger partial charge in [0.05, 0.1) is 22.2 Å². The van der Waals surface area contributed by atoms with Crippen molar-refractivity contribution in [2.45, 2.75) is 63.8 Å². The van der Waals surface area contributed by atoms with Crippen LogP contribution in [0.1, 0.15) is 80.0 Å². The van der Waals surface area contributed by atoms with Crippen LogP contribution in [0.5, 0.6) is 0 Å². The van der Waals surface area contributed by atoms with Gasteiger partial charge in [0.1, 0.15) is 0 Å². The van der Waals surface area contributed by atoms with Gasteiger partial charge in [-0.05, 0) is 50.5 Å². The maximum atomic E-state index is 13.2. The minimum atomic E-state index is -0.360. The maximum Gasteiger partial charge on any atom is 0.259 e. The zero-order chi connectivity index (χ0) is 17.8. The molecule has 3 N–H and O–H groups in total. The van der Waals surface area contributed by atoms with E-state index in [9.17, 15) is 4.79 Å². The Morgan fingerprint density at radius 1 is 1.40 bits per heavy atom. The van der Waals surface area contributed by atoms with Gasteiger partial charge in [0, 0.05) is 18.2 Å². The van der Waals surface area contributed by atoms with Crippen LogP contribution in [0.4, 0.5) is 0 Å². The Morgan fingerprint density at radius 3 is 2.68 bits per heavy atom. The Hall–Kier alpha value is -1.95. The van der Waals surface area contributed by atoms with Crippen molar-refractivity contribution in [3.63, 3.8) is 0 Å². The summed E-state index contributed by atoms with van der Waals surface area (Å²) in [5.74, 6) is 0.964. The standard InChI is InChI=1S/C19H26N4O2/c1-10(2)16-15-13(17(24)22-19(3,9-20)12-6-7-12)8-14(11-4-5-11)21-18(15)25-23-16/h8,10-12H,4-7,9,20H2,1-3H3,(H,22,24). The number of amides is 1. The second kappa shape index (κ2) is 5.80. The molecule has 2 aromatic rings. The normalized spacial score (nSPS) is 20.0. The number of nitrogens with two attached hydrogens (primary N) is 1. The Bertz CT molecular complexity index is 820. The van der Waals surface area contributed by atoms with Crippen LogP contribution in [0.15, 0.2) is 10.6 Å². The molecule has 1 amide bonds. The van der Waals surface area contributed by atoms with Crippen LogP contribution in [0, 0.1) is 5.92 Å². The average Bonchev–Trinajstić information content (AvgIpc) is 3.48. The number of rotatable bonds is 6. The first-order valence-corrected chi connectivity index (χ1v) is 9.25. The number of hydrogen-bond acceptors (Lipinski definition) is 5. The van der Waals surface area contributed by atoms with E-state index in [0.29, 0.717) is 29.7 Å². The minimum Gasteiger partial charge on any atom is -0.345 e. The molecule has 2 aliphatic carbocycles. The molecule has 0 spiro atoms. The first-order valence-electron chi connectivity index (χ1n) is 9.25. The smallest absolute Gasteiger partial charge is 0.259 e. The molecule has 0 saturated heterocycles. The van der Waals surface area contributed by atoms with Crippen molar-refractivity contribution < 1.29 is 9.32 Å². The van der Waals surface area contributed by atoms with E-state index in [-0.39, 0.29) is 17.4 Å². The van der Waals surface area contributed by atoms with E-state index in [1.54, 1.807) is 0 Å². The molecule has 1 atom stereocenters. The Morgan fingerprint density at radius 2 is 2.12 bits per heavy atom. The summed E-state index contributed by atoms with van der Waals surface area (Å²) in [5, 5.41) is 8.12. The molecular formula is C19H26N4O2. The molecule has 6 heteroatoms. The zero-order valence-corrected chi connectivity index (χ0v) is 15.1. The van der Waals surface area contributed by atoms with Gasteiger partial charge in [0.2, 0.25) is 0 Å². The highest BCUT2D eigenvalue weighted by Crippen LogP contribution is 2.42. The van der Waals surface area contributed by atoms with Crippen molar-refractivity contribution in [3.05, 3.63) is 23.0 Å². The van der Waals surface area contributed by atoms with Crippen LogP contribution in [-0.2, 0) is 0 Å². The van der Waals surface area contributed by atoms with Crippen LogP contribution in [0.2, 0.25) is 0 Å². The molecule has 6 nitrogen and oxygen atoms in total. The summed E-state index contributed by atoms with van der Waals surface area (Å²) < 4.78 is 5.47. The second-order valence-corrected chi connectivity index (χ2v) is 8.12. The highest BCUT2D eigenvalue weighted by Gasteiger charge is 2.42. The molecule has 0 aromatic carbocycles. The van der Waals surface area contributed by atoms with Crippen LogP contribution in [0.3, 0.4) is 0 Å². The molecule has 134 valence electrons. The molecule has 2 heterocycles. The summed E-state index contributed by atoms with van der Waals surface area (Å²) in [6, 6.07) is 1.93. The first kappa shape index (κ1) is 16.5. The summed E-state index contributed by atoms with van der Waals surface area (Å²) in [4.78, 5) is 17.8. The second-order valence-electron chi connectivity index (χ2n) is 8.12. The van der Waals surface area contributed by atoms with E-state index in [0.717, 1.165) is 42.5 Å². The van der Waals surface area contributed by atoms with E-state index in [1.165, 1.54) is 0 Å². The highest BCUT2D eigenvalue weighted by molar-refractivity contribution is 6.06. The number of carbonyl (C=O) groups excluding carboxylic acids is 1. The van der Waals surface area contributed by atoms with Gasteiger partial charge >= 0.3 is 0 Å². The largest absolute Gasteiger partial charge is 0.345 e. The first-order chi connectivity index (χ1) is 11.9. The van der Waals surface area contributed by atoms with E-state index in [1.807, 2.05) is 26.8 Å². The van der Waals surface area contributed by atoms with Gasteiger partial charge in [-0.25, -0.2) is 4.98 Å². The van der Waals surface area contributed by atoms with Crippen molar-refractivity contribution in [1.29, 1.82) is 0 Å². The van der Waals surface area contributed by atoms with Crippen molar-refractivity contribution >= 4 is 17.0 Å². The van der Waals surface area contributed by atoms with Gasteiger partial charge in [-0.1, -0.05) is 19.0 Å². The summed E-state index contributed by atoms with van der Waals surface area (Å²) in [5.41, 5.74) is 8.43. The van der Waals surface area contributed by atoms with Crippen LogP contribution < -0.4 is 11.1 Å². The van der Waals surface area contributed by atoms with Gasteiger partial charge in [-0.2, -0.15) is 0 Å². The van der Waals surface area contributed by atoms with Crippen LogP contribution >= 0.6 is 0 Å². The number of carbonyl (C=O) groups is 1. The third kappa shape index (κ3) is 2.92. The zero-order valence-electron chi connectivity index (χ0n) is 15.1. The molecule has 2 aromatic heterocycles. The monoisotopic (exact) mass is 342 g/mol. The van der Waals surface area contributed by atoms with Gasteiger partial charge in [0.15, 0.2) is 0 Å². The van der Waals surface area contributed by atoms with Gasteiger partial charge in [0.25, 0.3) is 11.6 Å². The molecule has 0 aliphatic heterocycles. The number of nitrogens with zero attached hydrogens (tertiary/aromatic N) is 2. The summed E-state index contributed by atoms with van der Waals surface area (Å²) in [7, 11) is 0. The molecule has 2 aliphatic rings. The average molecular weight is 342 g/mol. The predicted molar refractivity (Wildman–Crippen MR) is 95.5 cm³/mol. The number of aromatic nitrogens is 2. The lowest BCUT2D eigenvalue weighted by Crippen LogP contribution is -2.53. The van der Waals surface area contributed by atoms with E-state index in [2.05, 4.69) is 15.5 Å². The third-order valence-electron chi connectivity index (χ3n) is 5.58. The molecule has 2 fully saturated rings. The molecule has 0 bridgehead atoms. The summed E-state index contributed by atoms with van der Waals surface area (Å²) >= 11 is 0.